The fourth-order valence-corrected chi connectivity index (χ4v) is 3.23. The van der Waals surface area contributed by atoms with Crippen molar-refractivity contribution in [1.82, 2.24) is 4.90 Å². The predicted molar refractivity (Wildman–Crippen MR) is 102 cm³/mol. The minimum atomic E-state index is -0.215. The quantitative estimate of drug-likeness (QED) is 0.758. The highest BCUT2D eigenvalue weighted by molar-refractivity contribution is 7.80. The molecule has 1 saturated carbocycles. The fourth-order valence-electron chi connectivity index (χ4n) is 2.88. The van der Waals surface area contributed by atoms with Gasteiger partial charge in [-0.25, -0.2) is 4.39 Å². The van der Waals surface area contributed by atoms with Crippen molar-refractivity contribution in [3.63, 3.8) is 0 Å². The number of aryl methyl sites for hydroxylation is 1. The number of anilines is 1. The molecule has 3 rings (SSSR count). The first-order valence-electron chi connectivity index (χ1n) is 8.42. The lowest BCUT2D eigenvalue weighted by Crippen LogP contribution is -2.41. The third kappa shape index (κ3) is 4.12. The Morgan fingerprint density at radius 2 is 1.96 bits per heavy atom. The zero-order valence-electron chi connectivity index (χ0n) is 14.1. The molecule has 4 heteroatoms. The maximum Gasteiger partial charge on any atom is 0.173 e. The maximum absolute atomic E-state index is 13.8. The van der Waals surface area contributed by atoms with Crippen LogP contribution >= 0.6 is 12.2 Å². The molecule has 2 nitrogen and oxygen atoms in total. The van der Waals surface area contributed by atoms with E-state index >= 15 is 0 Å². The molecule has 1 aliphatic carbocycles. The van der Waals surface area contributed by atoms with Crippen molar-refractivity contribution in [2.45, 2.75) is 39.3 Å². The summed E-state index contributed by atoms with van der Waals surface area (Å²) in [6, 6.07) is 15.8. The van der Waals surface area contributed by atoms with Crippen LogP contribution in [0, 0.1) is 18.7 Å². The summed E-state index contributed by atoms with van der Waals surface area (Å²) in [5, 5.41) is 3.87. The van der Waals surface area contributed by atoms with E-state index in [2.05, 4.69) is 29.3 Å². The minimum absolute atomic E-state index is 0.215. The molecule has 2 aromatic rings. The van der Waals surface area contributed by atoms with Gasteiger partial charge in [0.25, 0.3) is 0 Å². The molecule has 0 saturated heterocycles. The largest absolute Gasteiger partial charge is 0.342 e. The van der Waals surface area contributed by atoms with Gasteiger partial charge in [-0.15, -0.1) is 0 Å². The van der Waals surface area contributed by atoms with E-state index in [0.717, 1.165) is 6.54 Å². The standard InChI is InChI=1S/C20H23FN2S/c1-14-8-11-18(12-19(14)21)22-20(24)23(15(2)17-9-10-17)13-16-6-4-3-5-7-16/h3-8,11-12,15,17H,9-10,13H2,1-2H3,(H,22,24)/t15-/m0/s1. The van der Waals surface area contributed by atoms with E-state index in [0.29, 0.717) is 28.3 Å². The molecule has 0 aliphatic heterocycles. The van der Waals surface area contributed by atoms with Crippen LogP contribution in [0.15, 0.2) is 48.5 Å². The molecular weight excluding hydrogens is 319 g/mol. The highest BCUT2D eigenvalue weighted by Gasteiger charge is 2.33. The third-order valence-corrected chi connectivity index (χ3v) is 5.01. The molecule has 0 bridgehead atoms. The average molecular weight is 342 g/mol. The SMILES string of the molecule is Cc1ccc(NC(=S)N(Cc2ccccc2)[C@@H](C)C2CC2)cc1F. The van der Waals surface area contributed by atoms with Gasteiger partial charge < -0.3 is 10.2 Å². The van der Waals surface area contributed by atoms with Crippen LogP contribution < -0.4 is 5.32 Å². The smallest absolute Gasteiger partial charge is 0.173 e. The average Bonchev–Trinajstić information content (AvgIpc) is 3.41. The molecule has 1 aliphatic rings. The lowest BCUT2D eigenvalue weighted by molar-refractivity contribution is 0.298. The van der Waals surface area contributed by atoms with Crippen LogP contribution in [0.4, 0.5) is 10.1 Å². The van der Waals surface area contributed by atoms with Gasteiger partial charge in [0.1, 0.15) is 5.82 Å². The van der Waals surface area contributed by atoms with E-state index in [1.54, 1.807) is 13.0 Å². The highest BCUT2D eigenvalue weighted by atomic mass is 32.1. The summed E-state index contributed by atoms with van der Waals surface area (Å²) in [5.41, 5.74) is 2.56. The number of hydrogen-bond donors (Lipinski definition) is 1. The monoisotopic (exact) mass is 342 g/mol. The van der Waals surface area contributed by atoms with E-state index in [1.807, 2.05) is 24.3 Å². The zero-order chi connectivity index (χ0) is 17.1. The van der Waals surface area contributed by atoms with E-state index in [1.165, 1.54) is 24.5 Å². The molecule has 1 N–H and O–H groups in total. The molecule has 0 aromatic heterocycles. The third-order valence-electron chi connectivity index (χ3n) is 4.68. The molecule has 2 aromatic carbocycles. The Morgan fingerprint density at radius 1 is 1.25 bits per heavy atom. The molecule has 0 radical (unpaired) electrons. The van der Waals surface area contributed by atoms with Gasteiger partial charge in [0.2, 0.25) is 0 Å². The van der Waals surface area contributed by atoms with Crippen molar-refractivity contribution >= 4 is 23.0 Å². The number of rotatable bonds is 5. The van der Waals surface area contributed by atoms with Crippen LogP contribution in [0.3, 0.4) is 0 Å². The van der Waals surface area contributed by atoms with Crippen molar-refractivity contribution < 1.29 is 4.39 Å². The van der Waals surface area contributed by atoms with Gasteiger partial charge in [-0.2, -0.15) is 0 Å². The van der Waals surface area contributed by atoms with Gasteiger partial charge in [-0.1, -0.05) is 36.4 Å². The summed E-state index contributed by atoms with van der Waals surface area (Å²) in [6.07, 6.45) is 2.52. The summed E-state index contributed by atoms with van der Waals surface area (Å²) >= 11 is 5.65. The number of thiocarbonyl (C=S) groups is 1. The van der Waals surface area contributed by atoms with E-state index < -0.39 is 0 Å². The van der Waals surface area contributed by atoms with Crippen LogP contribution in [-0.2, 0) is 6.54 Å². The Labute approximate surface area is 148 Å². The first-order chi connectivity index (χ1) is 11.5. The predicted octanol–water partition coefficient (Wildman–Crippen LogP) is 5.13. The molecule has 1 fully saturated rings. The molecule has 24 heavy (non-hydrogen) atoms. The van der Waals surface area contributed by atoms with Gasteiger partial charge in [-0.05, 0) is 68.1 Å². The van der Waals surface area contributed by atoms with Crippen LogP contribution in [0.25, 0.3) is 0 Å². The maximum atomic E-state index is 13.8. The van der Waals surface area contributed by atoms with E-state index in [9.17, 15) is 4.39 Å². The fraction of sp³-hybridized carbons (Fsp3) is 0.350. The van der Waals surface area contributed by atoms with Crippen molar-refractivity contribution in [3.8, 4) is 0 Å². The Balaban J connectivity index is 1.76. The Morgan fingerprint density at radius 3 is 2.58 bits per heavy atom. The molecule has 126 valence electrons. The summed E-state index contributed by atoms with van der Waals surface area (Å²) in [4.78, 5) is 2.22. The van der Waals surface area contributed by atoms with Gasteiger partial charge in [0.05, 0.1) is 0 Å². The number of benzene rings is 2. The molecule has 0 spiro atoms. The molecular formula is C20H23FN2S. The second kappa shape index (κ2) is 7.31. The zero-order valence-corrected chi connectivity index (χ0v) is 14.9. The Kier molecular flexibility index (Phi) is 5.14. The second-order valence-corrected chi connectivity index (χ2v) is 6.97. The molecule has 0 unspecified atom stereocenters. The summed E-state index contributed by atoms with van der Waals surface area (Å²) in [5.74, 6) is 0.482. The molecule has 1 atom stereocenters. The molecule has 0 heterocycles. The van der Waals surface area contributed by atoms with Crippen molar-refractivity contribution in [3.05, 3.63) is 65.5 Å². The first-order valence-corrected chi connectivity index (χ1v) is 8.83. The van der Waals surface area contributed by atoms with Crippen LogP contribution in [0.2, 0.25) is 0 Å². The lowest BCUT2D eigenvalue weighted by atomic mass is 10.1. The van der Waals surface area contributed by atoms with Crippen molar-refractivity contribution in [2.75, 3.05) is 5.32 Å². The van der Waals surface area contributed by atoms with Crippen LogP contribution in [-0.4, -0.2) is 16.1 Å². The van der Waals surface area contributed by atoms with Crippen LogP contribution in [0.5, 0.6) is 0 Å². The minimum Gasteiger partial charge on any atom is -0.342 e. The Hall–Kier alpha value is -1.94. The first kappa shape index (κ1) is 16.9. The normalized spacial score (nSPS) is 15.0. The summed E-state index contributed by atoms with van der Waals surface area (Å²) in [7, 11) is 0. The number of halogens is 1. The second-order valence-electron chi connectivity index (χ2n) is 6.59. The van der Waals surface area contributed by atoms with Gasteiger partial charge >= 0.3 is 0 Å². The van der Waals surface area contributed by atoms with Crippen LogP contribution in [0.1, 0.15) is 30.9 Å². The van der Waals surface area contributed by atoms with Gasteiger partial charge in [0, 0.05) is 18.3 Å². The number of nitrogens with zero attached hydrogens (tertiary/aromatic N) is 1. The summed E-state index contributed by atoms with van der Waals surface area (Å²) < 4.78 is 13.8. The van der Waals surface area contributed by atoms with Gasteiger partial charge in [0.15, 0.2) is 5.11 Å². The van der Waals surface area contributed by atoms with E-state index in [-0.39, 0.29) is 5.82 Å². The van der Waals surface area contributed by atoms with Crippen molar-refractivity contribution in [1.29, 1.82) is 0 Å². The topological polar surface area (TPSA) is 15.3 Å². The highest BCUT2D eigenvalue weighted by Crippen LogP contribution is 2.36. The Bertz CT molecular complexity index is 713. The van der Waals surface area contributed by atoms with Gasteiger partial charge in [-0.3, -0.25) is 0 Å². The number of hydrogen-bond acceptors (Lipinski definition) is 1. The van der Waals surface area contributed by atoms with E-state index in [4.69, 9.17) is 12.2 Å². The van der Waals surface area contributed by atoms with Crippen molar-refractivity contribution in [2.24, 2.45) is 5.92 Å². The number of nitrogens with one attached hydrogen (secondary N) is 1. The lowest BCUT2D eigenvalue weighted by Gasteiger charge is -2.32. The molecule has 0 amide bonds. The summed E-state index contributed by atoms with van der Waals surface area (Å²) in [6.45, 7) is 4.75.